The summed E-state index contributed by atoms with van der Waals surface area (Å²) in [5.74, 6) is -0.808. The Morgan fingerprint density at radius 3 is 2.60 bits per heavy atom. The van der Waals surface area contributed by atoms with Crippen molar-refractivity contribution in [3.8, 4) is 5.82 Å². The maximum absolute atomic E-state index is 12.5. The first-order valence-electron chi connectivity index (χ1n) is 5.31. The highest BCUT2D eigenvalue weighted by atomic mass is 19.4. The average Bonchev–Trinajstić information content (AvgIpc) is 2.87. The number of nitrogens with two attached hydrogens (primary N) is 1. The highest BCUT2D eigenvalue weighted by molar-refractivity contribution is 5.87. The van der Waals surface area contributed by atoms with Gasteiger partial charge >= 0.3 is 12.1 Å². The van der Waals surface area contributed by atoms with E-state index in [1.54, 1.807) is 0 Å². The topological polar surface area (TPSA) is 83.0 Å². The van der Waals surface area contributed by atoms with Crippen molar-refractivity contribution in [2.75, 3.05) is 12.8 Å². The third kappa shape index (κ3) is 2.56. The second-order valence-electron chi connectivity index (χ2n) is 3.74. The van der Waals surface area contributed by atoms with Crippen LogP contribution >= 0.6 is 0 Å². The van der Waals surface area contributed by atoms with Gasteiger partial charge in [-0.1, -0.05) is 0 Å². The van der Waals surface area contributed by atoms with Crippen LogP contribution in [0.25, 0.3) is 5.82 Å². The van der Waals surface area contributed by atoms with Gasteiger partial charge in [0.15, 0.2) is 17.2 Å². The van der Waals surface area contributed by atoms with Crippen LogP contribution in [0.2, 0.25) is 0 Å². The van der Waals surface area contributed by atoms with E-state index >= 15 is 0 Å². The minimum Gasteiger partial charge on any atom is -0.464 e. The zero-order valence-electron chi connectivity index (χ0n) is 10.2. The lowest BCUT2D eigenvalue weighted by Gasteiger charge is -2.07. The Morgan fingerprint density at radius 1 is 1.35 bits per heavy atom. The number of anilines is 1. The fourth-order valence-electron chi connectivity index (χ4n) is 1.45. The maximum atomic E-state index is 12.5. The van der Waals surface area contributed by atoms with E-state index in [0.717, 1.165) is 24.1 Å². The van der Waals surface area contributed by atoms with Crippen molar-refractivity contribution in [1.29, 1.82) is 0 Å². The van der Waals surface area contributed by atoms with E-state index in [0.29, 0.717) is 0 Å². The van der Waals surface area contributed by atoms with E-state index in [4.69, 9.17) is 5.73 Å². The van der Waals surface area contributed by atoms with Crippen LogP contribution in [0.1, 0.15) is 16.2 Å². The molecule has 6 nitrogen and oxygen atoms in total. The molecule has 2 heterocycles. The van der Waals surface area contributed by atoms with Crippen LogP contribution < -0.4 is 5.73 Å². The van der Waals surface area contributed by atoms with Gasteiger partial charge in [0.1, 0.15) is 0 Å². The summed E-state index contributed by atoms with van der Waals surface area (Å²) >= 11 is 0. The Balaban J connectivity index is 2.47. The van der Waals surface area contributed by atoms with Crippen molar-refractivity contribution >= 4 is 11.7 Å². The van der Waals surface area contributed by atoms with Crippen LogP contribution in [-0.4, -0.2) is 27.8 Å². The summed E-state index contributed by atoms with van der Waals surface area (Å²) in [6.07, 6.45) is -3.51. The Morgan fingerprint density at radius 2 is 2.05 bits per heavy atom. The molecule has 2 aromatic heterocycles. The van der Waals surface area contributed by atoms with Crippen molar-refractivity contribution in [2.24, 2.45) is 0 Å². The molecule has 2 rings (SSSR count). The number of halogens is 3. The van der Waals surface area contributed by atoms with Gasteiger partial charge < -0.3 is 10.5 Å². The lowest BCUT2D eigenvalue weighted by Crippen LogP contribution is -2.12. The van der Waals surface area contributed by atoms with Crippen molar-refractivity contribution < 1.29 is 22.7 Å². The normalized spacial score (nSPS) is 11.4. The van der Waals surface area contributed by atoms with Gasteiger partial charge in [0.2, 0.25) is 0 Å². The molecule has 0 aliphatic carbocycles. The molecule has 0 unspecified atom stereocenters. The van der Waals surface area contributed by atoms with E-state index in [9.17, 15) is 18.0 Å². The Labute approximate surface area is 111 Å². The lowest BCUT2D eigenvalue weighted by atomic mass is 10.3. The SMILES string of the molecule is COC(=O)c1ccc(N)c(-n2ccc(C(F)(F)F)n2)n1. The van der Waals surface area contributed by atoms with E-state index in [1.807, 2.05) is 0 Å². The Hall–Kier alpha value is -2.58. The second kappa shape index (κ2) is 4.83. The van der Waals surface area contributed by atoms with Crippen LogP contribution in [-0.2, 0) is 10.9 Å². The number of carbonyl (C=O) groups excluding carboxylic acids is 1. The van der Waals surface area contributed by atoms with Crippen LogP contribution in [0.15, 0.2) is 24.4 Å². The second-order valence-corrected chi connectivity index (χ2v) is 3.74. The first-order valence-corrected chi connectivity index (χ1v) is 5.31. The first-order chi connectivity index (χ1) is 9.32. The van der Waals surface area contributed by atoms with E-state index in [2.05, 4.69) is 14.8 Å². The number of nitrogens with zero attached hydrogens (tertiary/aromatic N) is 3. The number of pyridine rings is 1. The molecule has 0 aromatic carbocycles. The van der Waals surface area contributed by atoms with Gasteiger partial charge in [-0.3, -0.25) is 0 Å². The molecule has 0 spiro atoms. The van der Waals surface area contributed by atoms with E-state index in [1.165, 1.54) is 12.1 Å². The van der Waals surface area contributed by atoms with Gasteiger partial charge in [0.25, 0.3) is 0 Å². The predicted octanol–water partition coefficient (Wildman–Crippen LogP) is 1.65. The largest absolute Gasteiger partial charge is 0.464 e. The molecule has 0 fully saturated rings. The van der Waals surface area contributed by atoms with Crippen LogP contribution in [0.4, 0.5) is 18.9 Å². The fourth-order valence-corrected chi connectivity index (χ4v) is 1.45. The molecule has 0 radical (unpaired) electrons. The zero-order valence-corrected chi connectivity index (χ0v) is 10.2. The molecule has 9 heteroatoms. The highest BCUT2D eigenvalue weighted by Crippen LogP contribution is 2.28. The Kier molecular flexibility index (Phi) is 3.35. The van der Waals surface area contributed by atoms with Crippen LogP contribution in [0.5, 0.6) is 0 Å². The van der Waals surface area contributed by atoms with Gasteiger partial charge in [0.05, 0.1) is 12.8 Å². The third-order valence-electron chi connectivity index (χ3n) is 2.40. The number of nitrogen functional groups attached to an aromatic ring is 1. The molecular weight excluding hydrogens is 277 g/mol. The number of methoxy groups -OCH3 is 1. The van der Waals surface area contributed by atoms with Gasteiger partial charge in [-0.15, -0.1) is 0 Å². The molecule has 2 aromatic rings. The Bertz CT molecular complexity index is 651. The number of esters is 1. The van der Waals surface area contributed by atoms with Crippen molar-refractivity contribution in [3.63, 3.8) is 0 Å². The monoisotopic (exact) mass is 286 g/mol. The summed E-state index contributed by atoms with van der Waals surface area (Å²) in [5.41, 5.74) is 4.54. The van der Waals surface area contributed by atoms with Crippen LogP contribution in [0, 0.1) is 0 Å². The molecule has 0 amide bonds. The van der Waals surface area contributed by atoms with Gasteiger partial charge in [-0.05, 0) is 18.2 Å². The summed E-state index contributed by atoms with van der Waals surface area (Å²) in [6, 6.07) is 3.42. The van der Waals surface area contributed by atoms with Gasteiger partial charge in [-0.25, -0.2) is 14.5 Å². The number of aromatic nitrogens is 3. The molecule has 0 aliphatic heterocycles. The number of rotatable bonds is 2. The smallest absolute Gasteiger partial charge is 0.435 e. The summed E-state index contributed by atoms with van der Waals surface area (Å²) in [6.45, 7) is 0. The number of ether oxygens (including phenoxy) is 1. The van der Waals surface area contributed by atoms with Crippen molar-refractivity contribution in [1.82, 2.24) is 14.8 Å². The molecule has 0 saturated heterocycles. The number of carbonyl (C=O) groups is 1. The third-order valence-corrected chi connectivity index (χ3v) is 2.40. The summed E-state index contributed by atoms with van der Waals surface area (Å²) < 4.78 is 42.8. The fraction of sp³-hybridized carbons (Fsp3) is 0.182. The standard InChI is InChI=1S/C11H9F3N4O2/c1-20-10(19)7-3-2-6(15)9(16-7)18-5-4-8(17-18)11(12,13)14/h2-5H,15H2,1H3. The molecule has 20 heavy (non-hydrogen) atoms. The first kappa shape index (κ1) is 13.8. The van der Waals surface area contributed by atoms with Gasteiger partial charge in [-0.2, -0.15) is 18.3 Å². The maximum Gasteiger partial charge on any atom is 0.435 e. The molecule has 0 aliphatic rings. The van der Waals surface area contributed by atoms with Crippen molar-refractivity contribution in [2.45, 2.75) is 6.18 Å². The molecule has 0 bridgehead atoms. The minimum absolute atomic E-state index is 0.0782. The summed E-state index contributed by atoms with van der Waals surface area (Å²) in [5, 5.41) is 3.34. The number of alkyl halides is 3. The number of hydrogen-bond donors (Lipinski definition) is 1. The lowest BCUT2D eigenvalue weighted by molar-refractivity contribution is -0.141. The summed E-state index contributed by atoms with van der Waals surface area (Å²) in [4.78, 5) is 15.2. The van der Waals surface area contributed by atoms with Crippen molar-refractivity contribution in [3.05, 3.63) is 35.8 Å². The average molecular weight is 286 g/mol. The highest BCUT2D eigenvalue weighted by Gasteiger charge is 2.33. The zero-order chi connectivity index (χ0) is 14.9. The molecule has 0 saturated carbocycles. The van der Waals surface area contributed by atoms with E-state index < -0.39 is 17.8 Å². The summed E-state index contributed by atoms with van der Waals surface area (Å²) in [7, 11) is 1.16. The molecule has 106 valence electrons. The predicted molar refractivity (Wildman–Crippen MR) is 62.1 cm³/mol. The van der Waals surface area contributed by atoms with E-state index in [-0.39, 0.29) is 17.2 Å². The number of hydrogen-bond acceptors (Lipinski definition) is 5. The molecular formula is C11H9F3N4O2. The quantitative estimate of drug-likeness (QED) is 0.849. The van der Waals surface area contributed by atoms with Gasteiger partial charge in [0, 0.05) is 6.20 Å². The molecule has 2 N–H and O–H groups in total. The molecule has 0 atom stereocenters. The van der Waals surface area contributed by atoms with Crippen LogP contribution in [0.3, 0.4) is 0 Å². The minimum atomic E-state index is -4.57.